The second-order valence-corrected chi connectivity index (χ2v) is 16.9. The maximum absolute atomic E-state index is 12.3. The van der Waals surface area contributed by atoms with E-state index in [4.69, 9.17) is 0 Å². The van der Waals surface area contributed by atoms with Gasteiger partial charge in [-0.05, 0) is 12.8 Å². The summed E-state index contributed by atoms with van der Waals surface area (Å²) in [6.07, 6.45) is 55.4. The Kier molecular flexibility index (Phi) is 44.3. The van der Waals surface area contributed by atoms with Crippen LogP contribution in [0.3, 0.4) is 0 Å². The lowest BCUT2D eigenvalue weighted by Crippen LogP contribution is -2.45. The van der Waals surface area contributed by atoms with E-state index in [-0.39, 0.29) is 12.5 Å². The van der Waals surface area contributed by atoms with Crippen LogP contribution in [0.1, 0.15) is 284 Å². The van der Waals surface area contributed by atoms with Crippen LogP contribution in [0.4, 0.5) is 0 Å². The Bertz CT molecular complexity index is 670. The summed E-state index contributed by atoms with van der Waals surface area (Å²) in [4.78, 5) is 12.3. The van der Waals surface area contributed by atoms with Gasteiger partial charge in [0.2, 0.25) is 5.91 Å². The fraction of sp³-hybridized carbons (Fsp3) is 0.979. The molecule has 312 valence electrons. The highest BCUT2D eigenvalue weighted by Crippen LogP contribution is 2.17. The van der Waals surface area contributed by atoms with E-state index >= 15 is 0 Å². The van der Waals surface area contributed by atoms with Crippen LogP contribution in [0.15, 0.2) is 0 Å². The molecule has 0 bridgehead atoms. The Morgan fingerprint density at radius 1 is 0.385 bits per heavy atom. The number of aliphatic hydroxyl groups excluding tert-OH is 2. The third-order valence-electron chi connectivity index (χ3n) is 11.6. The minimum atomic E-state index is -0.650. The van der Waals surface area contributed by atoms with Gasteiger partial charge in [0.1, 0.15) is 0 Å². The largest absolute Gasteiger partial charge is 0.394 e. The Labute approximate surface area is 327 Å². The first-order valence-electron chi connectivity index (χ1n) is 24.2. The molecule has 0 saturated heterocycles. The Balaban J connectivity index is 3.27. The maximum Gasteiger partial charge on any atom is 0.220 e. The molecule has 0 aliphatic rings. The highest BCUT2D eigenvalue weighted by Gasteiger charge is 2.20. The summed E-state index contributed by atoms with van der Waals surface area (Å²) < 4.78 is 0. The number of hydrogen-bond acceptors (Lipinski definition) is 3. The van der Waals surface area contributed by atoms with Crippen LogP contribution in [-0.4, -0.2) is 34.9 Å². The van der Waals surface area contributed by atoms with E-state index in [0.29, 0.717) is 12.8 Å². The maximum atomic E-state index is 12.3. The summed E-state index contributed by atoms with van der Waals surface area (Å²) in [5, 5.41) is 22.9. The molecule has 0 radical (unpaired) electrons. The van der Waals surface area contributed by atoms with Crippen molar-refractivity contribution < 1.29 is 15.0 Å². The van der Waals surface area contributed by atoms with Crippen molar-refractivity contribution in [2.75, 3.05) is 6.61 Å². The fourth-order valence-electron chi connectivity index (χ4n) is 7.89. The molecule has 0 aromatic rings. The average Bonchev–Trinajstić information content (AvgIpc) is 3.15. The van der Waals surface area contributed by atoms with Gasteiger partial charge in [0, 0.05) is 6.42 Å². The van der Waals surface area contributed by atoms with Crippen molar-refractivity contribution in [1.82, 2.24) is 5.32 Å². The van der Waals surface area contributed by atoms with E-state index in [2.05, 4.69) is 19.2 Å². The molecule has 52 heavy (non-hydrogen) atoms. The van der Waals surface area contributed by atoms with Crippen molar-refractivity contribution in [1.29, 1.82) is 0 Å². The lowest BCUT2D eigenvalue weighted by atomic mass is 10.0. The van der Waals surface area contributed by atoms with Crippen LogP contribution < -0.4 is 5.32 Å². The zero-order valence-corrected chi connectivity index (χ0v) is 35.9. The molecule has 3 N–H and O–H groups in total. The number of unbranched alkanes of at least 4 members (excludes halogenated alkanes) is 38. The molecule has 0 aliphatic heterocycles. The summed E-state index contributed by atoms with van der Waals surface area (Å²) in [6, 6.07) is -0.527. The standard InChI is InChI=1S/C48H97NO3/c1-3-5-7-9-11-12-13-14-15-16-17-18-19-20-21-22-23-24-25-26-27-28-29-30-31-32-33-34-35-36-37-38-40-42-44-48(52)49-46(45-50)47(51)43-41-39-10-8-6-4-2/h46-47,50-51H,3-45H2,1-2H3,(H,49,52). The summed E-state index contributed by atoms with van der Waals surface area (Å²) in [5.74, 6) is -0.0306. The number of carbonyl (C=O) groups excluding carboxylic acids is 1. The van der Waals surface area contributed by atoms with Crippen LogP contribution in [0.2, 0.25) is 0 Å². The number of carbonyl (C=O) groups is 1. The van der Waals surface area contributed by atoms with E-state index < -0.39 is 12.1 Å². The van der Waals surface area contributed by atoms with Crippen molar-refractivity contribution in [3.8, 4) is 0 Å². The minimum Gasteiger partial charge on any atom is -0.394 e. The van der Waals surface area contributed by atoms with Crippen molar-refractivity contribution in [3.05, 3.63) is 0 Å². The quantitative estimate of drug-likeness (QED) is 0.0545. The van der Waals surface area contributed by atoms with Gasteiger partial charge in [-0.2, -0.15) is 0 Å². The average molecular weight is 736 g/mol. The minimum absolute atomic E-state index is 0.0306. The molecule has 0 aromatic heterocycles. The molecule has 4 heteroatoms. The van der Waals surface area contributed by atoms with Crippen LogP contribution in [0.25, 0.3) is 0 Å². The lowest BCUT2D eigenvalue weighted by molar-refractivity contribution is -0.123. The monoisotopic (exact) mass is 736 g/mol. The van der Waals surface area contributed by atoms with Gasteiger partial charge in [-0.15, -0.1) is 0 Å². The third kappa shape index (κ3) is 40.6. The van der Waals surface area contributed by atoms with Gasteiger partial charge in [-0.1, -0.05) is 264 Å². The highest BCUT2D eigenvalue weighted by atomic mass is 16.3. The van der Waals surface area contributed by atoms with Gasteiger partial charge in [-0.25, -0.2) is 0 Å². The van der Waals surface area contributed by atoms with Crippen molar-refractivity contribution in [2.24, 2.45) is 0 Å². The smallest absolute Gasteiger partial charge is 0.220 e. The lowest BCUT2D eigenvalue weighted by Gasteiger charge is -2.22. The fourth-order valence-corrected chi connectivity index (χ4v) is 7.89. The Morgan fingerprint density at radius 2 is 0.615 bits per heavy atom. The molecule has 4 nitrogen and oxygen atoms in total. The number of hydrogen-bond donors (Lipinski definition) is 3. The predicted molar refractivity (Wildman–Crippen MR) is 230 cm³/mol. The molecular formula is C48H97NO3. The van der Waals surface area contributed by atoms with Crippen molar-refractivity contribution in [2.45, 2.75) is 296 Å². The molecule has 2 unspecified atom stereocenters. The Morgan fingerprint density at radius 3 is 0.865 bits per heavy atom. The van der Waals surface area contributed by atoms with Crippen molar-refractivity contribution in [3.63, 3.8) is 0 Å². The van der Waals surface area contributed by atoms with Gasteiger partial charge in [0.05, 0.1) is 18.8 Å². The van der Waals surface area contributed by atoms with E-state index in [1.165, 1.54) is 231 Å². The van der Waals surface area contributed by atoms with Gasteiger partial charge >= 0.3 is 0 Å². The molecule has 0 aliphatic carbocycles. The summed E-state index contributed by atoms with van der Waals surface area (Å²) in [6.45, 7) is 4.32. The first kappa shape index (κ1) is 51.4. The van der Waals surface area contributed by atoms with Crippen molar-refractivity contribution >= 4 is 5.91 Å². The van der Waals surface area contributed by atoms with E-state index in [0.717, 1.165) is 25.7 Å². The summed E-state index contributed by atoms with van der Waals surface area (Å²) in [5.41, 5.74) is 0. The number of rotatable bonds is 45. The zero-order valence-electron chi connectivity index (χ0n) is 35.9. The van der Waals surface area contributed by atoms with Crippen LogP contribution in [-0.2, 0) is 4.79 Å². The second kappa shape index (κ2) is 44.8. The molecule has 0 aromatic carbocycles. The van der Waals surface area contributed by atoms with E-state index in [1.54, 1.807) is 0 Å². The third-order valence-corrected chi connectivity index (χ3v) is 11.6. The van der Waals surface area contributed by atoms with E-state index in [1.807, 2.05) is 0 Å². The number of aliphatic hydroxyl groups is 2. The topological polar surface area (TPSA) is 69.6 Å². The Hall–Kier alpha value is -0.610. The van der Waals surface area contributed by atoms with Crippen LogP contribution in [0, 0.1) is 0 Å². The summed E-state index contributed by atoms with van der Waals surface area (Å²) >= 11 is 0. The molecule has 0 fully saturated rings. The first-order valence-corrected chi connectivity index (χ1v) is 24.2. The molecule has 0 heterocycles. The SMILES string of the molecule is CCCCCCCCCCCCCCCCCCCCCCCCCCCCCCCCCCCCC(=O)NC(CO)C(O)CCCCCCCC. The molecule has 0 rings (SSSR count). The predicted octanol–water partition coefficient (Wildman–Crippen LogP) is 15.2. The van der Waals surface area contributed by atoms with Crippen LogP contribution in [0.5, 0.6) is 0 Å². The molecule has 0 saturated carbocycles. The second-order valence-electron chi connectivity index (χ2n) is 16.9. The summed E-state index contributed by atoms with van der Waals surface area (Å²) in [7, 11) is 0. The molecular weight excluding hydrogens is 639 g/mol. The molecule has 0 spiro atoms. The van der Waals surface area contributed by atoms with Gasteiger partial charge in [0.15, 0.2) is 0 Å². The molecule has 1 amide bonds. The normalized spacial score (nSPS) is 12.8. The zero-order chi connectivity index (χ0) is 37.8. The van der Waals surface area contributed by atoms with Gasteiger partial charge < -0.3 is 15.5 Å². The number of nitrogens with one attached hydrogen (secondary N) is 1. The van der Waals surface area contributed by atoms with Gasteiger partial charge in [0.25, 0.3) is 0 Å². The van der Waals surface area contributed by atoms with Crippen LogP contribution >= 0.6 is 0 Å². The first-order chi connectivity index (χ1) is 25.7. The van der Waals surface area contributed by atoms with E-state index in [9.17, 15) is 15.0 Å². The number of amides is 1. The van der Waals surface area contributed by atoms with Gasteiger partial charge in [-0.3, -0.25) is 4.79 Å². The molecule has 2 atom stereocenters. The highest BCUT2D eigenvalue weighted by molar-refractivity contribution is 5.76.